The second kappa shape index (κ2) is 6.64. The van der Waals surface area contributed by atoms with Gasteiger partial charge in [-0.15, -0.1) is 0 Å². The maximum atomic E-state index is 6.19. The second-order valence-electron chi connectivity index (χ2n) is 4.62. The van der Waals surface area contributed by atoms with Crippen LogP contribution in [0.15, 0.2) is 42.5 Å². The quantitative estimate of drug-likeness (QED) is 0.907. The molecule has 0 bridgehead atoms. The van der Waals surface area contributed by atoms with Gasteiger partial charge >= 0.3 is 0 Å². The molecule has 0 spiro atoms. The zero-order valence-corrected chi connectivity index (χ0v) is 12.4. The van der Waals surface area contributed by atoms with Crippen molar-refractivity contribution in [3.05, 3.63) is 58.6 Å². The summed E-state index contributed by atoms with van der Waals surface area (Å²) < 4.78 is 10.8. The van der Waals surface area contributed by atoms with Gasteiger partial charge in [-0.25, -0.2) is 0 Å². The lowest BCUT2D eigenvalue weighted by Crippen LogP contribution is -2.05. The first-order valence-corrected chi connectivity index (χ1v) is 6.78. The largest absolute Gasteiger partial charge is 0.497 e. The fourth-order valence-corrected chi connectivity index (χ4v) is 2.04. The first kappa shape index (κ1) is 14.7. The number of benzene rings is 2. The Balaban J connectivity index is 2.03. The Kier molecular flexibility index (Phi) is 4.88. The normalized spacial score (nSPS) is 12.0. The van der Waals surface area contributed by atoms with Crippen molar-refractivity contribution in [1.29, 1.82) is 0 Å². The van der Waals surface area contributed by atoms with Crippen LogP contribution in [0.25, 0.3) is 0 Å². The Labute approximate surface area is 124 Å². The Morgan fingerprint density at radius 2 is 1.85 bits per heavy atom. The van der Waals surface area contributed by atoms with Crippen molar-refractivity contribution in [3.8, 4) is 11.5 Å². The molecule has 20 heavy (non-hydrogen) atoms. The van der Waals surface area contributed by atoms with Gasteiger partial charge in [-0.2, -0.15) is 0 Å². The third-order valence-corrected chi connectivity index (χ3v) is 3.33. The summed E-state index contributed by atoms with van der Waals surface area (Å²) in [6, 6.07) is 13.3. The van der Waals surface area contributed by atoms with Crippen LogP contribution in [0.4, 0.5) is 0 Å². The number of ether oxygens (including phenoxy) is 2. The number of hydrogen-bond donors (Lipinski definition) is 1. The van der Waals surface area contributed by atoms with Crippen molar-refractivity contribution in [2.45, 2.75) is 19.6 Å². The molecule has 2 N–H and O–H groups in total. The van der Waals surface area contributed by atoms with Gasteiger partial charge in [0.15, 0.2) is 0 Å². The van der Waals surface area contributed by atoms with Crippen LogP contribution in [0.5, 0.6) is 11.5 Å². The van der Waals surface area contributed by atoms with Crippen LogP contribution in [-0.4, -0.2) is 7.11 Å². The number of hydrogen-bond acceptors (Lipinski definition) is 3. The van der Waals surface area contributed by atoms with E-state index in [0.717, 1.165) is 16.9 Å². The highest BCUT2D eigenvalue weighted by molar-refractivity contribution is 6.32. The average molecular weight is 292 g/mol. The van der Waals surface area contributed by atoms with E-state index in [9.17, 15) is 0 Å². The first-order chi connectivity index (χ1) is 9.60. The fraction of sp³-hybridized carbons (Fsp3) is 0.250. The zero-order valence-electron chi connectivity index (χ0n) is 11.6. The van der Waals surface area contributed by atoms with Crippen molar-refractivity contribution in [3.63, 3.8) is 0 Å². The van der Waals surface area contributed by atoms with Crippen LogP contribution in [-0.2, 0) is 6.61 Å². The molecule has 2 aromatic rings. The van der Waals surface area contributed by atoms with Crippen molar-refractivity contribution >= 4 is 11.6 Å². The van der Waals surface area contributed by atoms with E-state index >= 15 is 0 Å². The maximum Gasteiger partial charge on any atom is 0.138 e. The topological polar surface area (TPSA) is 44.5 Å². The average Bonchev–Trinajstić information content (AvgIpc) is 2.46. The molecule has 0 radical (unpaired) electrons. The lowest BCUT2D eigenvalue weighted by Gasteiger charge is -2.11. The van der Waals surface area contributed by atoms with Gasteiger partial charge in [-0.3, -0.25) is 0 Å². The predicted octanol–water partition coefficient (Wildman–Crippen LogP) is 3.95. The summed E-state index contributed by atoms with van der Waals surface area (Å²) in [6.07, 6.45) is 0. The molecule has 0 saturated carbocycles. The molecule has 2 rings (SSSR count). The van der Waals surface area contributed by atoms with Gasteiger partial charge in [0.1, 0.15) is 18.1 Å². The van der Waals surface area contributed by atoms with E-state index in [2.05, 4.69) is 0 Å². The van der Waals surface area contributed by atoms with E-state index < -0.39 is 0 Å². The van der Waals surface area contributed by atoms with Gasteiger partial charge in [-0.1, -0.05) is 29.8 Å². The van der Waals surface area contributed by atoms with E-state index in [1.54, 1.807) is 7.11 Å². The molecule has 3 nitrogen and oxygen atoms in total. The third-order valence-electron chi connectivity index (χ3n) is 3.04. The van der Waals surface area contributed by atoms with Crippen molar-refractivity contribution < 1.29 is 9.47 Å². The smallest absolute Gasteiger partial charge is 0.138 e. The van der Waals surface area contributed by atoms with Gasteiger partial charge in [0.25, 0.3) is 0 Å². The van der Waals surface area contributed by atoms with E-state index in [0.29, 0.717) is 17.4 Å². The van der Waals surface area contributed by atoms with Gasteiger partial charge < -0.3 is 15.2 Å². The summed E-state index contributed by atoms with van der Waals surface area (Å²) in [5.41, 5.74) is 7.86. The molecule has 0 unspecified atom stereocenters. The molecule has 0 fully saturated rings. The zero-order chi connectivity index (χ0) is 14.5. The van der Waals surface area contributed by atoms with Gasteiger partial charge in [0, 0.05) is 6.04 Å². The second-order valence-corrected chi connectivity index (χ2v) is 5.02. The highest BCUT2D eigenvalue weighted by Crippen LogP contribution is 2.28. The lowest BCUT2D eigenvalue weighted by atomic mass is 10.1. The monoisotopic (exact) mass is 291 g/mol. The molecular weight excluding hydrogens is 274 g/mol. The lowest BCUT2D eigenvalue weighted by molar-refractivity contribution is 0.306. The molecular formula is C16H18ClNO2. The van der Waals surface area contributed by atoms with Gasteiger partial charge in [0.2, 0.25) is 0 Å². The molecule has 1 atom stereocenters. The number of rotatable bonds is 5. The van der Waals surface area contributed by atoms with Crippen LogP contribution in [0.1, 0.15) is 24.1 Å². The Morgan fingerprint density at radius 1 is 1.15 bits per heavy atom. The summed E-state index contributed by atoms with van der Waals surface area (Å²) in [5, 5.41) is 0.577. The number of nitrogens with two attached hydrogens (primary N) is 1. The van der Waals surface area contributed by atoms with Crippen LogP contribution >= 0.6 is 11.6 Å². The predicted molar refractivity (Wildman–Crippen MR) is 81.4 cm³/mol. The minimum atomic E-state index is -0.0388. The summed E-state index contributed by atoms with van der Waals surface area (Å²) in [4.78, 5) is 0. The van der Waals surface area contributed by atoms with E-state index in [1.165, 1.54) is 0 Å². The summed E-state index contributed by atoms with van der Waals surface area (Å²) in [6.45, 7) is 2.38. The van der Waals surface area contributed by atoms with Crippen molar-refractivity contribution in [2.75, 3.05) is 7.11 Å². The molecule has 0 aliphatic carbocycles. The molecule has 0 aliphatic heterocycles. The Bertz CT molecular complexity index is 567. The minimum Gasteiger partial charge on any atom is -0.497 e. The van der Waals surface area contributed by atoms with E-state index in [1.807, 2.05) is 49.4 Å². The maximum absolute atomic E-state index is 6.19. The highest BCUT2D eigenvalue weighted by Gasteiger charge is 2.06. The molecule has 0 aromatic heterocycles. The molecule has 106 valence electrons. The van der Waals surface area contributed by atoms with Crippen molar-refractivity contribution in [2.24, 2.45) is 5.73 Å². The number of methoxy groups -OCH3 is 1. The Hall–Kier alpha value is -1.71. The van der Waals surface area contributed by atoms with Gasteiger partial charge in [0.05, 0.1) is 12.1 Å². The van der Waals surface area contributed by atoms with Gasteiger partial charge in [-0.05, 0) is 42.3 Å². The van der Waals surface area contributed by atoms with Crippen LogP contribution in [0.3, 0.4) is 0 Å². The van der Waals surface area contributed by atoms with E-state index in [4.69, 9.17) is 26.8 Å². The Morgan fingerprint density at radius 3 is 2.40 bits per heavy atom. The standard InChI is InChI=1S/C16H18ClNO2/c1-11(18)13-5-8-16(15(17)9-13)20-10-12-3-6-14(19-2)7-4-12/h3-9,11H,10,18H2,1-2H3/t11-/m1/s1. The van der Waals surface area contributed by atoms with Crippen LogP contribution in [0.2, 0.25) is 5.02 Å². The molecule has 0 amide bonds. The number of halogens is 1. The SMILES string of the molecule is COc1ccc(COc2ccc([C@@H](C)N)cc2Cl)cc1. The third kappa shape index (κ3) is 3.65. The van der Waals surface area contributed by atoms with E-state index in [-0.39, 0.29) is 6.04 Å². The molecule has 4 heteroatoms. The minimum absolute atomic E-state index is 0.0388. The summed E-state index contributed by atoms with van der Waals surface area (Å²) in [5.74, 6) is 1.49. The van der Waals surface area contributed by atoms with Crippen LogP contribution in [0, 0.1) is 0 Å². The summed E-state index contributed by atoms with van der Waals surface area (Å²) in [7, 11) is 1.64. The molecule has 0 heterocycles. The molecule has 0 saturated heterocycles. The highest BCUT2D eigenvalue weighted by atomic mass is 35.5. The molecule has 2 aromatic carbocycles. The van der Waals surface area contributed by atoms with Crippen LogP contribution < -0.4 is 15.2 Å². The summed E-state index contributed by atoms with van der Waals surface area (Å²) >= 11 is 6.19. The van der Waals surface area contributed by atoms with Crippen molar-refractivity contribution in [1.82, 2.24) is 0 Å². The molecule has 0 aliphatic rings. The first-order valence-electron chi connectivity index (χ1n) is 6.41. The fourth-order valence-electron chi connectivity index (χ4n) is 1.80.